The summed E-state index contributed by atoms with van der Waals surface area (Å²) in [4.78, 5) is 0. The van der Waals surface area contributed by atoms with E-state index in [0.717, 1.165) is 5.56 Å². The molecule has 3 nitrogen and oxygen atoms in total. The van der Waals surface area contributed by atoms with Crippen LogP contribution in [0.4, 0.5) is 4.39 Å². The molecule has 0 amide bonds. The second kappa shape index (κ2) is 6.58. The maximum atomic E-state index is 13.8. The molecular weight excluding hydrogens is 269 g/mol. The number of allylic oxidation sites excluding steroid dienone is 1. The molecule has 0 fully saturated rings. The fourth-order valence-corrected chi connectivity index (χ4v) is 1.96. The zero-order valence-corrected chi connectivity index (χ0v) is 11.8. The Bertz CT molecular complexity index is 717. The molecule has 0 bridgehead atoms. The summed E-state index contributed by atoms with van der Waals surface area (Å²) in [5.41, 5.74) is 1.25. The quantitative estimate of drug-likeness (QED) is 0.631. The van der Waals surface area contributed by atoms with E-state index in [1.54, 1.807) is 49.6 Å². The van der Waals surface area contributed by atoms with Crippen LogP contribution in [0.1, 0.15) is 11.1 Å². The Hall–Kier alpha value is -2.80. The molecule has 0 atom stereocenters. The number of ether oxygens (including phenoxy) is 2. The minimum atomic E-state index is -0.425. The lowest BCUT2D eigenvalue weighted by molar-refractivity contribution is 0.355. The highest BCUT2D eigenvalue weighted by Gasteiger charge is 2.08. The molecule has 0 aliphatic carbocycles. The van der Waals surface area contributed by atoms with E-state index in [9.17, 15) is 9.65 Å². The number of nitrogens with zero attached hydrogens (tertiary/aromatic N) is 1. The molecular formula is C17H14FNO2. The van der Waals surface area contributed by atoms with Crippen molar-refractivity contribution in [1.82, 2.24) is 0 Å². The third-order valence-electron chi connectivity index (χ3n) is 3.00. The normalized spacial score (nSPS) is 10.9. The highest BCUT2D eigenvalue weighted by molar-refractivity contribution is 5.90. The van der Waals surface area contributed by atoms with Crippen molar-refractivity contribution in [3.8, 4) is 17.6 Å². The van der Waals surface area contributed by atoms with Crippen LogP contribution >= 0.6 is 0 Å². The summed E-state index contributed by atoms with van der Waals surface area (Å²) < 4.78 is 24.1. The van der Waals surface area contributed by atoms with Crippen LogP contribution in [0.25, 0.3) is 11.6 Å². The van der Waals surface area contributed by atoms with E-state index in [1.165, 1.54) is 13.2 Å². The van der Waals surface area contributed by atoms with Gasteiger partial charge in [-0.3, -0.25) is 0 Å². The van der Waals surface area contributed by atoms with Crippen molar-refractivity contribution in [1.29, 1.82) is 5.26 Å². The first-order chi connectivity index (χ1) is 10.2. The molecule has 0 spiro atoms. The van der Waals surface area contributed by atoms with E-state index in [2.05, 4.69) is 0 Å². The lowest BCUT2D eigenvalue weighted by Gasteiger charge is -2.08. The van der Waals surface area contributed by atoms with Gasteiger partial charge in [0, 0.05) is 5.56 Å². The summed E-state index contributed by atoms with van der Waals surface area (Å²) in [6.45, 7) is 0. The Kier molecular flexibility index (Phi) is 4.57. The Labute approximate surface area is 122 Å². The summed E-state index contributed by atoms with van der Waals surface area (Å²) in [5, 5.41) is 9.25. The zero-order valence-electron chi connectivity index (χ0n) is 11.8. The Morgan fingerprint density at radius 3 is 2.43 bits per heavy atom. The van der Waals surface area contributed by atoms with E-state index < -0.39 is 5.82 Å². The number of halogens is 1. The number of methoxy groups -OCH3 is 2. The molecule has 0 heterocycles. The van der Waals surface area contributed by atoms with Gasteiger partial charge in [0.15, 0.2) is 11.5 Å². The average molecular weight is 283 g/mol. The molecule has 2 aromatic rings. The van der Waals surface area contributed by atoms with Crippen molar-refractivity contribution in [3.63, 3.8) is 0 Å². The Morgan fingerprint density at radius 2 is 1.81 bits per heavy atom. The van der Waals surface area contributed by atoms with E-state index in [1.807, 2.05) is 6.07 Å². The molecule has 2 rings (SSSR count). The van der Waals surface area contributed by atoms with Crippen LogP contribution in [0.15, 0.2) is 42.5 Å². The van der Waals surface area contributed by atoms with Crippen molar-refractivity contribution >= 4 is 11.6 Å². The second-order valence-electron chi connectivity index (χ2n) is 4.26. The molecule has 106 valence electrons. The van der Waals surface area contributed by atoms with Crippen LogP contribution < -0.4 is 9.47 Å². The van der Waals surface area contributed by atoms with E-state index in [0.29, 0.717) is 11.5 Å². The van der Waals surface area contributed by atoms with Gasteiger partial charge in [-0.2, -0.15) is 5.26 Å². The number of benzene rings is 2. The van der Waals surface area contributed by atoms with Gasteiger partial charge in [-0.05, 0) is 29.8 Å². The Morgan fingerprint density at radius 1 is 1.10 bits per heavy atom. The predicted molar refractivity (Wildman–Crippen MR) is 79.4 cm³/mol. The van der Waals surface area contributed by atoms with Crippen LogP contribution in [0.5, 0.6) is 11.5 Å². The third-order valence-corrected chi connectivity index (χ3v) is 3.00. The van der Waals surface area contributed by atoms with Crippen molar-refractivity contribution in [2.75, 3.05) is 14.2 Å². The third kappa shape index (κ3) is 3.21. The smallest absolute Gasteiger partial charge is 0.161 e. The lowest BCUT2D eigenvalue weighted by Crippen LogP contribution is -1.91. The lowest BCUT2D eigenvalue weighted by atomic mass is 10.0. The largest absolute Gasteiger partial charge is 0.493 e. The highest BCUT2D eigenvalue weighted by atomic mass is 19.1. The minimum Gasteiger partial charge on any atom is -0.493 e. The molecule has 0 unspecified atom stereocenters. The molecule has 21 heavy (non-hydrogen) atoms. The fourth-order valence-electron chi connectivity index (χ4n) is 1.96. The highest BCUT2D eigenvalue weighted by Crippen LogP contribution is 2.29. The van der Waals surface area contributed by atoms with Gasteiger partial charge in [0.05, 0.1) is 25.9 Å². The van der Waals surface area contributed by atoms with Crippen LogP contribution in [-0.4, -0.2) is 14.2 Å². The standard InChI is InChI=1S/C17H14FNO2/c1-20-16-8-7-12(10-17(16)21-2)9-13(11-19)14-5-3-4-6-15(14)18/h3-10H,1-2H3/b13-9+. The topological polar surface area (TPSA) is 42.2 Å². The molecule has 0 aliphatic heterocycles. The number of hydrogen-bond acceptors (Lipinski definition) is 3. The molecule has 0 aromatic heterocycles. The molecule has 0 aliphatic rings. The fraction of sp³-hybridized carbons (Fsp3) is 0.118. The van der Waals surface area contributed by atoms with Gasteiger partial charge in [0.1, 0.15) is 5.82 Å². The van der Waals surface area contributed by atoms with Gasteiger partial charge in [0.2, 0.25) is 0 Å². The maximum Gasteiger partial charge on any atom is 0.161 e. The van der Waals surface area contributed by atoms with Gasteiger partial charge in [0.25, 0.3) is 0 Å². The predicted octanol–water partition coefficient (Wildman–Crippen LogP) is 3.91. The van der Waals surface area contributed by atoms with Gasteiger partial charge in [-0.25, -0.2) is 4.39 Å². The SMILES string of the molecule is COc1ccc(/C=C(\C#N)c2ccccc2F)cc1OC. The summed E-state index contributed by atoms with van der Waals surface area (Å²) in [6.07, 6.45) is 1.61. The molecule has 0 radical (unpaired) electrons. The van der Waals surface area contributed by atoms with E-state index >= 15 is 0 Å². The van der Waals surface area contributed by atoms with Crippen molar-refractivity contribution in [2.45, 2.75) is 0 Å². The summed E-state index contributed by atoms with van der Waals surface area (Å²) in [6, 6.07) is 13.5. The number of hydrogen-bond donors (Lipinski definition) is 0. The van der Waals surface area contributed by atoms with Gasteiger partial charge in [-0.15, -0.1) is 0 Å². The van der Waals surface area contributed by atoms with Crippen molar-refractivity contribution in [3.05, 3.63) is 59.4 Å². The zero-order chi connectivity index (χ0) is 15.2. The molecule has 0 N–H and O–H groups in total. The maximum absolute atomic E-state index is 13.8. The van der Waals surface area contributed by atoms with Gasteiger partial charge in [-0.1, -0.05) is 24.3 Å². The van der Waals surface area contributed by atoms with Crippen LogP contribution in [0.3, 0.4) is 0 Å². The van der Waals surface area contributed by atoms with E-state index in [-0.39, 0.29) is 11.1 Å². The van der Waals surface area contributed by atoms with E-state index in [4.69, 9.17) is 9.47 Å². The molecule has 0 saturated heterocycles. The first-order valence-electron chi connectivity index (χ1n) is 6.28. The molecule has 2 aromatic carbocycles. The van der Waals surface area contributed by atoms with Crippen LogP contribution in [-0.2, 0) is 0 Å². The summed E-state index contributed by atoms with van der Waals surface area (Å²) in [5.74, 6) is 0.724. The summed E-state index contributed by atoms with van der Waals surface area (Å²) in [7, 11) is 3.08. The first-order valence-corrected chi connectivity index (χ1v) is 6.28. The van der Waals surface area contributed by atoms with Crippen molar-refractivity contribution < 1.29 is 13.9 Å². The number of nitriles is 1. The van der Waals surface area contributed by atoms with Crippen LogP contribution in [0, 0.1) is 17.1 Å². The first kappa shape index (κ1) is 14.6. The van der Waals surface area contributed by atoms with Crippen molar-refractivity contribution in [2.24, 2.45) is 0 Å². The minimum absolute atomic E-state index is 0.250. The molecule has 4 heteroatoms. The number of rotatable bonds is 4. The summed E-state index contributed by atoms with van der Waals surface area (Å²) >= 11 is 0. The average Bonchev–Trinajstić information content (AvgIpc) is 2.53. The van der Waals surface area contributed by atoms with Gasteiger partial charge < -0.3 is 9.47 Å². The molecule has 0 saturated carbocycles. The monoisotopic (exact) mass is 283 g/mol. The van der Waals surface area contributed by atoms with Crippen LogP contribution in [0.2, 0.25) is 0 Å². The Balaban J connectivity index is 2.46. The second-order valence-corrected chi connectivity index (χ2v) is 4.26. The van der Waals surface area contributed by atoms with Gasteiger partial charge >= 0.3 is 0 Å².